The van der Waals surface area contributed by atoms with Crippen LogP contribution in [0.25, 0.3) is 0 Å². The lowest BCUT2D eigenvalue weighted by Gasteiger charge is -2.14. The average Bonchev–Trinajstić information content (AvgIpc) is 2.78. The molecule has 0 aromatic carbocycles. The quantitative estimate of drug-likeness (QED) is 0.923. The minimum Gasteiger partial charge on any atom is -0.321 e. The molecule has 0 spiro atoms. The van der Waals surface area contributed by atoms with Gasteiger partial charge in [0.05, 0.1) is 16.7 Å². The second-order valence-corrected chi connectivity index (χ2v) is 6.24. The molecule has 0 saturated carbocycles. The van der Waals surface area contributed by atoms with Crippen molar-refractivity contribution in [2.45, 2.75) is 38.6 Å². The van der Waals surface area contributed by atoms with Crippen LogP contribution in [0, 0.1) is 0 Å². The van der Waals surface area contributed by atoms with Crippen LogP contribution in [0.1, 0.15) is 43.3 Å². The zero-order valence-corrected chi connectivity index (χ0v) is 11.7. The van der Waals surface area contributed by atoms with Crippen molar-refractivity contribution in [3.05, 3.63) is 40.4 Å². The predicted octanol–water partition coefficient (Wildman–Crippen LogP) is 2.47. The summed E-state index contributed by atoms with van der Waals surface area (Å²) in [7, 11) is 0. The fourth-order valence-corrected chi connectivity index (χ4v) is 2.61. The van der Waals surface area contributed by atoms with E-state index in [0.29, 0.717) is 12.2 Å². The van der Waals surface area contributed by atoms with Gasteiger partial charge in [-0.25, -0.2) is 15.0 Å². The monoisotopic (exact) mass is 262 g/mol. The third-order valence-corrected chi connectivity index (χ3v) is 3.50. The van der Waals surface area contributed by atoms with Crippen LogP contribution in [0.4, 0.5) is 0 Å². The maximum atomic E-state index is 6.09. The average molecular weight is 262 g/mol. The van der Waals surface area contributed by atoms with Crippen molar-refractivity contribution in [3.63, 3.8) is 0 Å². The summed E-state index contributed by atoms with van der Waals surface area (Å²) >= 11 is 1.65. The van der Waals surface area contributed by atoms with Gasteiger partial charge >= 0.3 is 0 Å². The summed E-state index contributed by atoms with van der Waals surface area (Å²) in [5, 5.41) is 3.15. The Morgan fingerprint density at radius 1 is 1.28 bits per heavy atom. The highest BCUT2D eigenvalue weighted by atomic mass is 32.1. The Kier molecular flexibility index (Phi) is 3.73. The molecule has 2 heterocycles. The molecule has 18 heavy (non-hydrogen) atoms. The van der Waals surface area contributed by atoms with Gasteiger partial charge in [-0.2, -0.15) is 0 Å². The maximum absolute atomic E-state index is 6.09. The smallest absolute Gasteiger partial charge is 0.145 e. The molecular weight excluding hydrogens is 244 g/mol. The Hall–Kier alpha value is -1.33. The first-order valence-electron chi connectivity index (χ1n) is 5.94. The van der Waals surface area contributed by atoms with E-state index in [9.17, 15) is 0 Å². The summed E-state index contributed by atoms with van der Waals surface area (Å²) in [6, 6.07) is 1.60. The summed E-state index contributed by atoms with van der Waals surface area (Å²) < 4.78 is 0. The van der Waals surface area contributed by atoms with Crippen LogP contribution in [0.15, 0.2) is 23.8 Å². The van der Waals surface area contributed by atoms with Crippen molar-refractivity contribution in [3.8, 4) is 0 Å². The Bertz CT molecular complexity index is 501. The molecule has 2 aromatic heterocycles. The van der Waals surface area contributed by atoms with E-state index in [1.54, 1.807) is 29.8 Å². The largest absolute Gasteiger partial charge is 0.321 e. The molecule has 1 unspecified atom stereocenters. The number of nitrogens with two attached hydrogens (primary N) is 1. The van der Waals surface area contributed by atoms with Crippen molar-refractivity contribution < 1.29 is 0 Å². The van der Waals surface area contributed by atoms with Gasteiger partial charge in [0.15, 0.2) is 0 Å². The van der Waals surface area contributed by atoms with E-state index < -0.39 is 0 Å². The standard InChI is InChI=1S/C13H18N4S/c1-13(2,3)10-8-18-11(17-10)7-9(14)12-15-5-4-6-16-12/h4-6,8-9H,7,14H2,1-3H3. The molecule has 0 fully saturated rings. The van der Waals surface area contributed by atoms with Crippen LogP contribution in [0.2, 0.25) is 0 Å². The van der Waals surface area contributed by atoms with Gasteiger partial charge in [0.1, 0.15) is 5.82 Å². The van der Waals surface area contributed by atoms with Crippen LogP contribution in [-0.2, 0) is 11.8 Å². The summed E-state index contributed by atoms with van der Waals surface area (Å²) in [5.41, 5.74) is 7.29. The molecule has 0 amide bonds. The molecule has 2 rings (SSSR count). The highest BCUT2D eigenvalue weighted by Gasteiger charge is 2.19. The molecule has 96 valence electrons. The first-order chi connectivity index (χ1) is 8.47. The predicted molar refractivity (Wildman–Crippen MR) is 73.5 cm³/mol. The number of hydrogen-bond donors (Lipinski definition) is 1. The molecular formula is C13H18N4S. The fraction of sp³-hybridized carbons (Fsp3) is 0.462. The van der Waals surface area contributed by atoms with E-state index in [2.05, 4.69) is 41.1 Å². The van der Waals surface area contributed by atoms with Crippen molar-refractivity contribution in [2.24, 2.45) is 5.73 Å². The Balaban J connectivity index is 2.08. The zero-order valence-electron chi connectivity index (χ0n) is 10.9. The number of rotatable bonds is 3. The molecule has 0 aliphatic rings. The Morgan fingerprint density at radius 2 is 1.94 bits per heavy atom. The molecule has 1 atom stereocenters. The SMILES string of the molecule is CC(C)(C)c1csc(CC(N)c2ncccn2)n1. The number of thiazole rings is 1. The van der Waals surface area contributed by atoms with Crippen molar-refractivity contribution in [1.82, 2.24) is 15.0 Å². The van der Waals surface area contributed by atoms with Crippen LogP contribution in [0.3, 0.4) is 0 Å². The zero-order chi connectivity index (χ0) is 13.2. The van der Waals surface area contributed by atoms with E-state index in [0.717, 1.165) is 10.7 Å². The molecule has 5 heteroatoms. The van der Waals surface area contributed by atoms with Gasteiger partial charge in [-0.05, 0) is 6.07 Å². The molecule has 0 bridgehead atoms. The fourth-order valence-electron chi connectivity index (χ4n) is 1.53. The van der Waals surface area contributed by atoms with Crippen LogP contribution in [-0.4, -0.2) is 15.0 Å². The van der Waals surface area contributed by atoms with Gasteiger partial charge in [-0.3, -0.25) is 0 Å². The normalized spacial score (nSPS) is 13.6. The van der Waals surface area contributed by atoms with Gasteiger partial charge in [0, 0.05) is 29.6 Å². The maximum Gasteiger partial charge on any atom is 0.145 e. The number of hydrogen-bond acceptors (Lipinski definition) is 5. The first-order valence-corrected chi connectivity index (χ1v) is 6.82. The number of nitrogens with zero attached hydrogens (tertiary/aromatic N) is 3. The van der Waals surface area contributed by atoms with Crippen molar-refractivity contribution in [1.29, 1.82) is 0 Å². The second-order valence-electron chi connectivity index (χ2n) is 5.29. The van der Waals surface area contributed by atoms with Gasteiger partial charge < -0.3 is 5.73 Å². The van der Waals surface area contributed by atoms with Crippen molar-refractivity contribution >= 4 is 11.3 Å². The van der Waals surface area contributed by atoms with E-state index in [-0.39, 0.29) is 11.5 Å². The third kappa shape index (κ3) is 3.11. The molecule has 0 radical (unpaired) electrons. The van der Waals surface area contributed by atoms with Crippen molar-refractivity contribution in [2.75, 3.05) is 0 Å². The van der Waals surface area contributed by atoms with E-state index in [1.807, 2.05) is 0 Å². The minimum absolute atomic E-state index is 0.0854. The Labute approximate surface area is 111 Å². The second kappa shape index (κ2) is 5.12. The molecule has 4 nitrogen and oxygen atoms in total. The third-order valence-electron chi connectivity index (χ3n) is 2.63. The molecule has 0 aliphatic carbocycles. The van der Waals surface area contributed by atoms with Gasteiger partial charge in [-0.1, -0.05) is 20.8 Å². The molecule has 0 aliphatic heterocycles. The van der Waals surface area contributed by atoms with E-state index in [1.165, 1.54) is 0 Å². The molecule has 0 saturated heterocycles. The lowest BCUT2D eigenvalue weighted by Crippen LogP contribution is -2.17. The Morgan fingerprint density at radius 3 is 2.50 bits per heavy atom. The lowest BCUT2D eigenvalue weighted by molar-refractivity contribution is 0.568. The number of aromatic nitrogens is 3. The highest BCUT2D eigenvalue weighted by molar-refractivity contribution is 7.09. The van der Waals surface area contributed by atoms with Crippen LogP contribution >= 0.6 is 11.3 Å². The van der Waals surface area contributed by atoms with Gasteiger partial charge in [-0.15, -0.1) is 11.3 Å². The van der Waals surface area contributed by atoms with Crippen LogP contribution < -0.4 is 5.73 Å². The van der Waals surface area contributed by atoms with Gasteiger partial charge in [0.2, 0.25) is 0 Å². The molecule has 2 N–H and O–H groups in total. The lowest BCUT2D eigenvalue weighted by atomic mass is 9.93. The first kappa shape index (κ1) is 13.1. The van der Waals surface area contributed by atoms with Gasteiger partial charge in [0.25, 0.3) is 0 Å². The summed E-state index contributed by atoms with van der Waals surface area (Å²) in [4.78, 5) is 13.0. The molecule has 2 aromatic rings. The minimum atomic E-state index is -0.190. The summed E-state index contributed by atoms with van der Waals surface area (Å²) in [6.07, 6.45) is 4.11. The van der Waals surface area contributed by atoms with E-state index in [4.69, 9.17) is 5.73 Å². The van der Waals surface area contributed by atoms with E-state index >= 15 is 0 Å². The summed E-state index contributed by atoms with van der Waals surface area (Å²) in [5.74, 6) is 0.671. The summed E-state index contributed by atoms with van der Waals surface area (Å²) in [6.45, 7) is 6.48. The van der Waals surface area contributed by atoms with Crippen LogP contribution in [0.5, 0.6) is 0 Å². The highest BCUT2D eigenvalue weighted by Crippen LogP contribution is 2.25. The topological polar surface area (TPSA) is 64.7 Å².